The fraction of sp³-hybridized carbons (Fsp3) is 0.208. The van der Waals surface area contributed by atoms with Crippen molar-refractivity contribution < 1.29 is 17.9 Å². The second kappa shape index (κ2) is 9.66. The van der Waals surface area contributed by atoms with Crippen LogP contribution in [0.25, 0.3) is 0 Å². The fourth-order valence-corrected chi connectivity index (χ4v) is 4.59. The Morgan fingerprint density at radius 3 is 2.16 bits per heavy atom. The average Bonchev–Trinajstić information content (AvgIpc) is 2.78. The highest BCUT2D eigenvalue weighted by Gasteiger charge is 2.30. The van der Waals surface area contributed by atoms with Crippen LogP contribution in [-0.4, -0.2) is 39.9 Å². The molecule has 0 heterocycles. The van der Waals surface area contributed by atoms with Crippen molar-refractivity contribution in [2.45, 2.75) is 18.4 Å². The molecule has 3 aromatic rings. The molecule has 0 aliphatic heterocycles. The SMILES string of the molecule is COc1ccccc1N(CC(=O)N(C)Cc1ccccc1)S(=O)(=O)c1ccc(C)cc1. The number of nitrogens with zero attached hydrogens (tertiary/aromatic N) is 2. The van der Waals surface area contributed by atoms with Crippen molar-refractivity contribution >= 4 is 21.6 Å². The lowest BCUT2D eigenvalue weighted by Gasteiger charge is -2.27. The molecule has 0 N–H and O–H groups in total. The lowest BCUT2D eigenvalue weighted by molar-refractivity contribution is -0.128. The summed E-state index contributed by atoms with van der Waals surface area (Å²) in [7, 11) is -0.867. The molecule has 0 fully saturated rings. The highest BCUT2D eigenvalue weighted by molar-refractivity contribution is 7.92. The van der Waals surface area contributed by atoms with E-state index in [0.29, 0.717) is 18.0 Å². The largest absolute Gasteiger partial charge is 0.495 e. The molecule has 0 radical (unpaired) electrons. The Bertz CT molecular complexity index is 1130. The number of benzene rings is 3. The van der Waals surface area contributed by atoms with Crippen LogP contribution >= 0.6 is 0 Å². The van der Waals surface area contributed by atoms with E-state index >= 15 is 0 Å². The molecule has 0 aliphatic rings. The highest BCUT2D eigenvalue weighted by Crippen LogP contribution is 2.32. The molecular formula is C24H26N2O4S. The predicted octanol–water partition coefficient (Wildman–Crippen LogP) is 3.86. The quantitative estimate of drug-likeness (QED) is 0.536. The van der Waals surface area contributed by atoms with Crippen LogP contribution in [0.3, 0.4) is 0 Å². The number of methoxy groups -OCH3 is 1. The first-order chi connectivity index (χ1) is 14.8. The van der Waals surface area contributed by atoms with Gasteiger partial charge in [-0.15, -0.1) is 0 Å². The number of carbonyl (C=O) groups excluding carboxylic acids is 1. The van der Waals surface area contributed by atoms with Gasteiger partial charge in [0.1, 0.15) is 12.3 Å². The second-order valence-electron chi connectivity index (χ2n) is 7.23. The van der Waals surface area contributed by atoms with E-state index in [0.717, 1.165) is 15.4 Å². The summed E-state index contributed by atoms with van der Waals surface area (Å²) in [5, 5.41) is 0. The van der Waals surface area contributed by atoms with Crippen LogP contribution in [0, 0.1) is 6.92 Å². The van der Waals surface area contributed by atoms with Crippen LogP contribution in [0.2, 0.25) is 0 Å². The first kappa shape index (κ1) is 22.4. The van der Waals surface area contributed by atoms with Gasteiger partial charge < -0.3 is 9.64 Å². The number of anilines is 1. The molecule has 0 unspecified atom stereocenters. The van der Waals surface area contributed by atoms with Crippen molar-refractivity contribution in [1.82, 2.24) is 4.90 Å². The number of sulfonamides is 1. The van der Waals surface area contributed by atoms with E-state index < -0.39 is 10.0 Å². The van der Waals surface area contributed by atoms with Crippen LogP contribution in [0.4, 0.5) is 5.69 Å². The molecule has 0 aromatic heterocycles. The van der Waals surface area contributed by atoms with Crippen molar-refractivity contribution in [2.24, 2.45) is 0 Å². The summed E-state index contributed by atoms with van der Waals surface area (Å²) in [6.45, 7) is 1.92. The first-order valence-electron chi connectivity index (χ1n) is 9.83. The van der Waals surface area contributed by atoms with E-state index in [9.17, 15) is 13.2 Å². The van der Waals surface area contributed by atoms with Crippen LogP contribution < -0.4 is 9.04 Å². The number of ether oxygens (including phenoxy) is 1. The van der Waals surface area contributed by atoms with Crippen LogP contribution in [0.15, 0.2) is 83.8 Å². The van der Waals surface area contributed by atoms with E-state index in [1.54, 1.807) is 55.6 Å². The molecule has 3 rings (SSSR count). The van der Waals surface area contributed by atoms with Gasteiger partial charge in [-0.1, -0.05) is 60.2 Å². The maximum Gasteiger partial charge on any atom is 0.264 e. The van der Waals surface area contributed by atoms with Crippen LogP contribution in [0.5, 0.6) is 5.75 Å². The fourth-order valence-electron chi connectivity index (χ4n) is 3.16. The molecular weight excluding hydrogens is 412 g/mol. The number of hydrogen-bond donors (Lipinski definition) is 0. The normalized spacial score (nSPS) is 11.1. The molecule has 0 atom stereocenters. The van der Waals surface area contributed by atoms with E-state index in [2.05, 4.69) is 0 Å². The number of carbonyl (C=O) groups is 1. The minimum Gasteiger partial charge on any atom is -0.495 e. The van der Waals surface area contributed by atoms with Gasteiger partial charge in [0.25, 0.3) is 10.0 Å². The minimum absolute atomic E-state index is 0.113. The third-order valence-electron chi connectivity index (χ3n) is 4.93. The molecule has 162 valence electrons. The summed E-state index contributed by atoms with van der Waals surface area (Å²) in [6, 6.07) is 22.9. The molecule has 6 nitrogen and oxygen atoms in total. The maximum atomic E-state index is 13.5. The Labute approximate surface area is 183 Å². The molecule has 0 saturated heterocycles. The zero-order valence-electron chi connectivity index (χ0n) is 17.9. The average molecular weight is 439 g/mol. The molecule has 31 heavy (non-hydrogen) atoms. The van der Waals surface area contributed by atoms with Gasteiger partial charge in [0.05, 0.1) is 17.7 Å². The van der Waals surface area contributed by atoms with E-state index in [-0.39, 0.29) is 17.3 Å². The van der Waals surface area contributed by atoms with E-state index in [1.807, 2.05) is 37.3 Å². The summed E-state index contributed by atoms with van der Waals surface area (Å²) in [5.41, 5.74) is 2.22. The third kappa shape index (κ3) is 5.24. The number of hydrogen-bond acceptors (Lipinski definition) is 4. The zero-order valence-corrected chi connectivity index (χ0v) is 18.7. The van der Waals surface area contributed by atoms with Crippen molar-refractivity contribution in [3.8, 4) is 5.75 Å². The number of para-hydroxylation sites is 2. The van der Waals surface area contributed by atoms with Crippen molar-refractivity contribution in [3.63, 3.8) is 0 Å². The Morgan fingerprint density at radius 2 is 1.52 bits per heavy atom. The summed E-state index contributed by atoms with van der Waals surface area (Å²) >= 11 is 0. The minimum atomic E-state index is -4.00. The van der Waals surface area contributed by atoms with Crippen molar-refractivity contribution in [2.75, 3.05) is 25.0 Å². The Morgan fingerprint density at radius 1 is 0.903 bits per heavy atom. The number of rotatable bonds is 8. The van der Waals surface area contributed by atoms with Crippen LogP contribution in [-0.2, 0) is 21.4 Å². The topological polar surface area (TPSA) is 66.9 Å². The summed E-state index contributed by atoms with van der Waals surface area (Å²) in [4.78, 5) is 14.7. The first-order valence-corrected chi connectivity index (χ1v) is 11.3. The van der Waals surface area contributed by atoms with Crippen molar-refractivity contribution in [3.05, 3.63) is 90.0 Å². The molecule has 3 aromatic carbocycles. The van der Waals surface area contributed by atoms with E-state index in [1.165, 1.54) is 12.0 Å². The second-order valence-corrected chi connectivity index (χ2v) is 9.09. The van der Waals surface area contributed by atoms with Crippen molar-refractivity contribution in [1.29, 1.82) is 0 Å². The molecule has 7 heteroatoms. The Kier molecular flexibility index (Phi) is 6.97. The number of amides is 1. The van der Waals surface area contributed by atoms with Gasteiger partial charge in [0.2, 0.25) is 5.91 Å². The summed E-state index contributed by atoms with van der Waals surface area (Å²) < 4.78 is 33.6. The van der Waals surface area contributed by atoms with Gasteiger partial charge in [-0.05, 0) is 36.8 Å². The number of likely N-dealkylation sites (N-methyl/N-ethyl adjacent to an activating group) is 1. The predicted molar refractivity (Wildman–Crippen MR) is 122 cm³/mol. The number of aryl methyl sites for hydroxylation is 1. The molecule has 1 amide bonds. The smallest absolute Gasteiger partial charge is 0.264 e. The lowest BCUT2D eigenvalue weighted by Crippen LogP contribution is -2.41. The summed E-state index contributed by atoms with van der Waals surface area (Å²) in [6.07, 6.45) is 0. The highest BCUT2D eigenvalue weighted by atomic mass is 32.2. The van der Waals surface area contributed by atoms with Crippen LogP contribution in [0.1, 0.15) is 11.1 Å². The van der Waals surface area contributed by atoms with E-state index in [4.69, 9.17) is 4.74 Å². The van der Waals surface area contributed by atoms with Gasteiger partial charge in [0, 0.05) is 13.6 Å². The molecule has 0 bridgehead atoms. The maximum absolute atomic E-state index is 13.5. The van der Waals surface area contributed by atoms with Gasteiger partial charge in [0.15, 0.2) is 0 Å². The summed E-state index contributed by atoms with van der Waals surface area (Å²) in [5.74, 6) is 0.0437. The molecule has 0 saturated carbocycles. The van der Waals surface area contributed by atoms with Gasteiger partial charge >= 0.3 is 0 Å². The standard InChI is InChI=1S/C24H26N2O4S/c1-19-13-15-21(16-14-19)31(28,29)26(22-11-7-8-12-23(22)30-3)18-24(27)25(2)17-20-9-5-4-6-10-20/h4-16H,17-18H2,1-3H3. The lowest BCUT2D eigenvalue weighted by atomic mass is 10.2. The molecule has 0 spiro atoms. The zero-order chi connectivity index (χ0) is 22.4. The Hall–Kier alpha value is -3.32. The van der Waals surface area contributed by atoms with Gasteiger partial charge in [-0.3, -0.25) is 9.10 Å². The van der Waals surface area contributed by atoms with Gasteiger partial charge in [-0.25, -0.2) is 8.42 Å². The third-order valence-corrected chi connectivity index (χ3v) is 6.70. The van der Waals surface area contributed by atoms with Gasteiger partial charge in [-0.2, -0.15) is 0 Å². The Balaban J connectivity index is 1.96. The molecule has 0 aliphatic carbocycles. The monoisotopic (exact) mass is 438 g/mol.